The highest BCUT2D eigenvalue weighted by molar-refractivity contribution is 7.99. The molecular weight excluding hydrogens is 267 g/mol. The summed E-state index contributed by atoms with van der Waals surface area (Å²) in [4.78, 5) is 12.1. The molecule has 1 aromatic heterocycles. The Morgan fingerprint density at radius 2 is 2.32 bits per heavy atom. The van der Waals surface area contributed by atoms with Crippen LogP contribution in [0, 0.1) is 5.82 Å². The largest absolute Gasteiger partial charge is 0.343 e. The highest BCUT2D eigenvalue weighted by atomic mass is 32.2. The van der Waals surface area contributed by atoms with Crippen LogP contribution in [0.15, 0.2) is 33.0 Å². The Balaban J connectivity index is 2.44. The number of H-pyrrole nitrogens is 1. The fourth-order valence-corrected chi connectivity index (χ4v) is 2.96. The quantitative estimate of drug-likeness (QED) is 0.898. The lowest BCUT2D eigenvalue weighted by Gasteiger charge is -2.12. The summed E-state index contributed by atoms with van der Waals surface area (Å²) in [6.07, 6.45) is 0. The number of rotatable bonds is 4. The van der Waals surface area contributed by atoms with Crippen molar-refractivity contribution in [3.05, 3.63) is 40.1 Å². The van der Waals surface area contributed by atoms with Gasteiger partial charge in [-0.25, -0.2) is 14.3 Å². The fourth-order valence-electron chi connectivity index (χ4n) is 1.81. The summed E-state index contributed by atoms with van der Waals surface area (Å²) >= 11 is 1.23. The van der Waals surface area contributed by atoms with E-state index in [1.165, 1.54) is 22.4 Å². The average molecular weight is 282 g/mol. The first kappa shape index (κ1) is 13.8. The third kappa shape index (κ3) is 2.71. The lowest BCUT2D eigenvalue weighted by molar-refractivity contribution is 0.585. The fraction of sp³-hybridized carbons (Fsp3) is 0.333. The van der Waals surface area contributed by atoms with E-state index in [2.05, 4.69) is 10.2 Å². The number of hydrogen-bond donors (Lipinski definition) is 2. The Morgan fingerprint density at radius 1 is 1.58 bits per heavy atom. The van der Waals surface area contributed by atoms with Gasteiger partial charge in [0.2, 0.25) is 0 Å². The summed E-state index contributed by atoms with van der Waals surface area (Å²) < 4.78 is 15.3. The number of aromatic amines is 1. The number of nitrogens with one attached hydrogen (secondary N) is 1. The van der Waals surface area contributed by atoms with Gasteiger partial charge < -0.3 is 5.73 Å². The van der Waals surface area contributed by atoms with Crippen molar-refractivity contribution < 1.29 is 4.39 Å². The third-order valence-electron chi connectivity index (χ3n) is 2.71. The van der Waals surface area contributed by atoms with Crippen LogP contribution in [0.1, 0.15) is 25.5 Å². The molecule has 1 aromatic carbocycles. The number of benzene rings is 1. The Bertz CT molecular complexity index is 635. The zero-order valence-electron chi connectivity index (χ0n) is 10.7. The monoisotopic (exact) mass is 282 g/mol. The third-order valence-corrected chi connectivity index (χ3v) is 3.78. The molecule has 0 amide bonds. The second kappa shape index (κ2) is 5.58. The molecule has 1 atom stereocenters. The normalized spacial score (nSPS) is 12.6. The molecule has 0 spiro atoms. The van der Waals surface area contributed by atoms with Gasteiger partial charge in [0, 0.05) is 23.0 Å². The van der Waals surface area contributed by atoms with E-state index >= 15 is 0 Å². The van der Waals surface area contributed by atoms with Crippen LogP contribution in [0.5, 0.6) is 0 Å². The van der Waals surface area contributed by atoms with Crippen LogP contribution in [-0.2, 0) is 6.54 Å². The molecule has 2 aromatic rings. The SMILES string of the molecule is CCn1c(Sc2cccc(F)c2[C@@H](C)N)n[nH]c1=O. The van der Waals surface area contributed by atoms with Gasteiger partial charge in [-0.1, -0.05) is 6.07 Å². The molecule has 0 radical (unpaired) electrons. The van der Waals surface area contributed by atoms with Gasteiger partial charge in [0.1, 0.15) is 5.82 Å². The lowest BCUT2D eigenvalue weighted by Crippen LogP contribution is -2.16. The van der Waals surface area contributed by atoms with Crippen LogP contribution in [0.2, 0.25) is 0 Å². The molecule has 0 unspecified atom stereocenters. The molecule has 0 bridgehead atoms. The molecule has 7 heteroatoms. The van der Waals surface area contributed by atoms with Crippen molar-refractivity contribution in [3.63, 3.8) is 0 Å². The van der Waals surface area contributed by atoms with E-state index in [4.69, 9.17) is 5.73 Å². The smallest absolute Gasteiger partial charge is 0.324 e. The number of aromatic nitrogens is 3. The molecule has 0 aliphatic rings. The first-order valence-electron chi connectivity index (χ1n) is 5.91. The van der Waals surface area contributed by atoms with Gasteiger partial charge in [-0.2, -0.15) is 0 Å². The van der Waals surface area contributed by atoms with Crippen molar-refractivity contribution >= 4 is 11.8 Å². The topological polar surface area (TPSA) is 76.7 Å². The molecule has 0 fully saturated rings. The second-order valence-electron chi connectivity index (χ2n) is 4.10. The van der Waals surface area contributed by atoms with Crippen molar-refractivity contribution in [3.8, 4) is 0 Å². The lowest BCUT2D eigenvalue weighted by atomic mass is 10.1. The van der Waals surface area contributed by atoms with Crippen LogP contribution in [0.4, 0.5) is 4.39 Å². The van der Waals surface area contributed by atoms with Crippen LogP contribution in [0.3, 0.4) is 0 Å². The van der Waals surface area contributed by atoms with E-state index in [1.54, 1.807) is 19.1 Å². The minimum atomic E-state index is -0.426. The van der Waals surface area contributed by atoms with Gasteiger partial charge in [-0.05, 0) is 37.7 Å². The maximum atomic E-state index is 13.8. The van der Waals surface area contributed by atoms with Crippen LogP contribution in [-0.4, -0.2) is 14.8 Å². The number of hydrogen-bond acceptors (Lipinski definition) is 4. The molecule has 102 valence electrons. The minimum Gasteiger partial charge on any atom is -0.324 e. The second-order valence-corrected chi connectivity index (χ2v) is 5.11. The highest BCUT2D eigenvalue weighted by Gasteiger charge is 2.16. The van der Waals surface area contributed by atoms with Crippen molar-refractivity contribution in [1.29, 1.82) is 0 Å². The first-order chi connectivity index (χ1) is 9.04. The van der Waals surface area contributed by atoms with E-state index in [-0.39, 0.29) is 11.5 Å². The molecule has 1 heterocycles. The summed E-state index contributed by atoms with van der Waals surface area (Å²) in [6.45, 7) is 4.07. The van der Waals surface area contributed by atoms with Gasteiger partial charge in [0.25, 0.3) is 0 Å². The first-order valence-corrected chi connectivity index (χ1v) is 6.73. The van der Waals surface area contributed by atoms with Gasteiger partial charge in [0.05, 0.1) is 0 Å². The maximum Gasteiger partial charge on any atom is 0.343 e. The van der Waals surface area contributed by atoms with E-state index in [9.17, 15) is 9.18 Å². The highest BCUT2D eigenvalue weighted by Crippen LogP contribution is 2.32. The Labute approximate surface area is 114 Å². The van der Waals surface area contributed by atoms with Crippen molar-refractivity contribution in [2.75, 3.05) is 0 Å². The predicted molar refractivity (Wildman–Crippen MR) is 71.6 cm³/mol. The van der Waals surface area contributed by atoms with Crippen molar-refractivity contribution in [2.45, 2.75) is 36.5 Å². The summed E-state index contributed by atoms with van der Waals surface area (Å²) in [7, 11) is 0. The average Bonchev–Trinajstić information content (AvgIpc) is 2.69. The Kier molecular flexibility index (Phi) is 4.06. The van der Waals surface area contributed by atoms with Crippen LogP contribution in [0.25, 0.3) is 0 Å². The van der Waals surface area contributed by atoms with E-state index in [0.29, 0.717) is 22.2 Å². The van der Waals surface area contributed by atoms with E-state index in [1.807, 2.05) is 6.92 Å². The summed E-state index contributed by atoms with van der Waals surface area (Å²) in [5.41, 5.74) is 5.96. The molecule has 5 nitrogen and oxygen atoms in total. The van der Waals surface area contributed by atoms with Gasteiger partial charge in [-0.3, -0.25) is 4.57 Å². The summed E-state index contributed by atoms with van der Waals surface area (Å²) in [5, 5.41) is 6.82. The summed E-state index contributed by atoms with van der Waals surface area (Å²) in [5.74, 6) is -0.346. The molecular formula is C12H15FN4OS. The molecule has 3 N–H and O–H groups in total. The Hall–Kier alpha value is -1.60. The number of nitrogens with zero attached hydrogens (tertiary/aromatic N) is 2. The van der Waals surface area contributed by atoms with E-state index in [0.717, 1.165) is 0 Å². The van der Waals surface area contributed by atoms with Gasteiger partial charge in [0.15, 0.2) is 5.16 Å². The molecule has 19 heavy (non-hydrogen) atoms. The Morgan fingerprint density at radius 3 is 2.95 bits per heavy atom. The maximum absolute atomic E-state index is 13.8. The predicted octanol–water partition coefficient (Wildman–Crippen LogP) is 1.90. The number of nitrogens with two attached hydrogens (primary N) is 1. The molecule has 0 aliphatic heterocycles. The van der Waals surface area contributed by atoms with Crippen molar-refractivity contribution in [2.24, 2.45) is 5.73 Å². The molecule has 2 rings (SSSR count). The number of halogens is 1. The zero-order chi connectivity index (χ0) is 14.0. The van der Waals surface area contributed by atoms with Gasteiger partial charge in [-0.15, -0.1) is 5.10 Å². The van der Waals surface area contributed by atoms with Crippen LogP contribution < -0.4 is 11.4 Å². The standard InChI is InChI=1S/C12H15FN4OS/c1-3-17-11(18)15-16-12(17)19-9-6-4-5-8(13)10(9)7(2)14/h4-7H,3,14H2,1-2H3,(H,15,18)/t7-/m1/s1. The summed E-state index contributed by atoms with van der Waals surface area (Å²) in [6, 6.07) is 4.33. The molecule has 0 saturated heterocycles. The van der Waals surface area contributed by atoms with Gasteiger partial charge >= 0.3 is 5.69 Å². The van der Waals surface area contributed by atoms with Crippen LogP contribution >= 0.6 is 11.8 Å². The zero-order valence-corrected chi connectivity index (χ0v) is 11.5. The minimum absolute atomic E-state index is 0.274. The molecule has 0 aliphatic carbocycles. The van der Waals surface area contributed by atoms with E-state index < -0.39 is 6.04 Å². The van der Waals surface area contributed by atoms with Crippen molar-refractivity contribution in [1.82, 2.24) is 14.8 Å². The molecule has 0 saturated carbocycles.